The fraction of sp³-hybridized carbons (Fsp3) is 0.382. The number of nitriles is 2. The summed E-state index contributed by atoms with van der Waals surface area (Å²) < 4.78 is 27.7. The molecule has 0 unspecified atom stereocenters. The molecular formula is C34H36F2N6O. The lowest BCUT2D eigenvalue weighted by atomic mass is 9.98. The van der Waals surface area contributed by atoms with Crippen molar-refractivity contribution in [2.24, 2.45) is 0 Å². The molecule has 2 heterocycles. The number of piperidine rings is 1. The minimum Gasteiger partial charge on any atom is -0.382 e. The Morgan fingerprint density at radius 2 is 1.74 bits per heavy atom. The summed E-state index contributed by atoms with van der Waals surface area (Å²) in [5.74, 6) is 0.403. The Kier molecular flexibility index (Phi) is 9.73. The molecule has 0 aliphatic carbocycles. The quantitative estimate of drug-likeness (QED) is 0.269. The second kappa shape index (κ2) is 13.4. The van der Waals surface area contributed by atoms with Gasteiger partial charge in [-0.05, 0) is 63.8 Å². The van der Waals surface area contributed by atoms with E-state index in [1.807, 2.05) is 50.8 Å². The average molecular weight is 583 g/mol. The second-order valence-corrected chi connectivity index (χ2v) is 11.1. The Morgan fingerprint density at radius 1 is 1.05 bits per heavy atom. The van der Waals surface area contributed by atoms with Crippen LogP contribution in [-0.4, -0.2) is 60.5 Å². The monoisotopic (exact) mass is 582 g/mol. The van der Waals surface area contributed by atoms with Crippen molar-refractivity contribution in [1.82, 2.24) is 9.80 Å². The maximum Gasteiger partial charge on any atom is 0.254 e. The number of carbonyl (C=O) groups excluding carboxylic acids is 1. The fourth-order valence-corrected chi connectivity index (χ4v) is 5.93. The molecule has 9 heteroatoms. The van der Waals surface area contributed by atoms with Crippen LogP contribution in [-0.2, 0) is 0 Å². The van der Waals surface area contributed by atoms with Gasteiger partial charge in [0.2, 0.25) is 0 Å². The second-order valence-electron chi connectivity index (χ2n) is 11.1. The van der Waals surface area contributed by atoms with E-state index in [1.54, 1.807) is 17.1 Å². The highest BCUT2D eigenvalue weighted by Gasteiger charge is 2.31. The van der Waals surface area contributed by atoms with E-state index in [9.17, 15) is 24.1 Å². The lowest BCUT2D eigenvalue weighted by molar-refractivity contribution is 0.0673. The minimum atomic E-state index is -1.06. The lowest BCUT2D eigenvalue weighted by Gasteiger charge is -2.41. The van der Waals surface area contributed by atoms with E-state index in [0.717, 1.165) is 60.6 Å². The van der Waals surface area contributed by atoms with Crippen LogP contribution in [0.25, 0.3) is 0 Å². The molecule has 7 nitrogen and oxygen atoms in total. The number of hydrogen-bond acceptors (Lipinski definition) is 6. The van der Waals surface area contributed by atoms with E-state index in [-0.39, 0.29) is 23.6 Å². The Balaban J connectivity index is 1.46. The predicted octanol–water partition coefficient (Wildman–Crippen LogP) is 5.67. The van der Waals surface area contributed by atoms with Gasteiger partial charge >= 0.3 is 0 Å². The number of anilines is 2. The third-order valence-corrected chi connectivity index (χ3v) is 8.29. The van der Waals surface area contributed by atoms with Crippen LogP contribution in [0.1, 0.15) is 53.7 Å². The summed E-state index contributed by atoms with van der Waals surface area (Å²) in [6.45, 7) is 10.3. The van der Waals surface area contributed by atoms with Gasteiger partial charge in [-0.3, -0.25) is 4.79 Å². The Hall–Kier alpha value is -4.81. The normalized spacial score (nSPS) is 18.1. The topological polar surface area (TPSA) is 86.4 Å². The minimum absolute atomic E-state index is 0.0671. The van der Waals surface area contributed by atoms with Crippen LogP contribution in [0.2, 0.25) is 0 Å². The highest BCUT2D eigenvalue weighted by Crippen LogP contribution is 2.30. The molecule has 0 bridgehead atoms. The van der Waals surface area contributed by atoms with Crippen LogP contribution in [0, 0.1) is 60.5 Å². The number of halogens is 2. The number of benzene rings is 2. The molecule has 2 saturated heterocycles. The molecular weight excluding hydrogens is 546 g/mol. The number of hydrogen-bond donors (Lipinski definition) is 1. The summed E-state index contributed by atoms with van der Waals surface area (Å²) in [5.41, 5.74) is 5.18. The van der Waals surface area contributed by atoms with Crippen molar-refractivity contribution < 1.29 is 13.6 Å². The molecule has 0 radical (unpaired) electrons. The van der Waals surface area contributed by atoms with Gasteiger partial charge < -0.3 is 20.0 Å². The maximum atomic E-state index is 14.0. The fourth-order valence-electron chi connectivity index (χ4n) is 5.93. The van der Waals surface area contributed by atoms with E-state index < -0.39 is 11.6 Å². The van der Waals surface area contributed by atoms with Gasteiger partial charge in [-0.1, -0.05) is 18.1 Å². The zero-order valence-electron chi connectivity index (χ0n) is 25.0. The number of carbonyl (C=O) groups is 1. The number of aryl methyl sites for hydroxylation is 2. The smallest absolute Gasteiger partial charge is 0.254 e. The predicted molar refractivity (Wildman–Crippen MR) is 164 cm³/mol. The molecule has 2 aliphatic heterocycles. The number of rotatable bonds is 6. The third kappa shape index (κ3) is 6.65. The van der Waals surface area contributed by atoms with Crippen molar-refractivity contribution >= 4 is 17.3 Å². The third-order valence-electron chi connectivity index (χ3n) is 8.29. The molecule has 2 aromatic carbocycles. The van der Waals surface area contributed by atoms with E-state index >= 15 is 0 Å². The van der Waals surface area contributed by atoms with Crippen molar-refractivity contribution in [3.05, 3.63) is 81.6 Å². The van der Waals surface area contributed by atoms with Crippen LogP contribution in [0.4, 0.5) is 20.2 Å². The standard InChI is InChI=1S/C34H36F2N6O/c1-6-8-32(25(7-2)19-37)40-11-9-27(10-12-40)39-31-17-28(22(3)15-23(31)4)34(43)42-14-13-41(21-24(42)5)33-18-30(36)29(35)16-26(33)20-38/h1,7-8,15-18,24,27,39H,9-14,21H2,2-5H3/b25-7-,32-8+/t24-/m0/s1. The van der Waals surface area contributed by atoms with Crippen LogP contribution in [0.15, 0.2) is 47.7 Å². The van der Waals surface area contributed by atoms with Crippen LogP contribution in [0.5, 0.6) is 0 Å². The van der Waals surface area contributed by atoms with Gasteiger partial charge in [-0.2, -0.15) is 10.5 Å². The maximum absolute atomic E-state index is 14.0. The molecule has 4 rings (SSSR count). The summed E-state index contributed by atoms with van der Waals surface area (Å²) in [6, 6.07) is 10.1. The van der Waals surface area contributed by atoms with E-state index in [4.69, 9.17) is 6.42 Å². The summed E-state index contributed by atoms with van der Waals surface area (Å²) in [6.07, 6.45) is 10.6. The molecule has 1 N–H and O–H groups in total. The first-order valence-corrected chi connectivity index (χ1v) is 14.4. The number of amides is 1. The first-order valence-electron chi connectivity index (χ1n) is 14.4. The highest BCUT2D eigenvalue weighted by molar-refractivity contribution is 5.97. The van der Waals surface area contributed by atoms with Crippen LogP contribution < -0.4 is 10.2 Å². The molecule has 222 valence electrons. The molecule has 0 spiro atoms. The molecule has 0 aromatic heterocycles. The zero-order valence-corrected chi connectivity index (χ0v) is 25.0. The van der Waals surface area contributed by atoms with Crippen molar-refractivity contribution in [1.29, 1.82) is 10.5 Å². The van der Waals surface area contributed by atoms with E-state index in [2.05, 4.69) is 22.2 Å². The van der Waals surface area contributed by atoms with Crippen LogP contribution >= 0.6 is 0 Å². The number of nitrogens with zero attached hydrogens (tertiary/aromatic N) is 5. The molecule has 43 heavy (non-hydrogen) atoms. The number of likely N-dealkylation sites (tertiary alicyclic amines) is 1. The first-order chi connectivity index (χ1) is 20.6. The van der Waals surface area contributed by atoms with E-state index in [1.165, 1.54) is 0 Å². The van der Waals surface area contributed by atoms with Gasteiger partial charge in [-0.25, -0.2) is 8.78 Å². The molecule has 2 aliphatic rings. The van der Waals surface area contributed by atoms with Crippen molar-refractivity contribution in [2.75, 3.05) is 42.9 Å². The van der Waals surface area contributed by atoms with Crippen molar-refractivity contribution in [3.8, 4) is 24.5 Å². The van der Waals surface area contributed by atoms with Crippen LogP contribution in [0.3, 0.4) is 0 Å². The van der Waals surface area contributed by atoms with Gasteiger partial charge in [0, 0.05) is 68.2 Å². The molecule has 2 fully saturated rings. The zero-order chi connectivity index (χ0) is 31.3. The molecule has 2 aromatic rings. The Bertz CT molecular complexity index is 1580. The van der Waals surface area contributed by atoms with Gasteiger partial charge in [0.05, 0.1) is 22.5 Å². The van der Waals surface area contributed by atoms with E-state index in [0.29, 0.717) is 36.5 Å². The number of allylic oxidation sites excluding steroid dienone is 3. The Morgan fingerprint density at radius 3 is 2.35 bits per heavy atom. The number of terminal acetylenes is 1. The summed E-state index contributed by atoms with van der Waals surface area (Å²) in [4.78, 5) is 19.6. The van der Waals surface area contributed by atoms with Crippen molar-refractivity contribution in [2.45, 2.75) is 52.6 Å². The Labute approximate surface area is 252 Å². The highest BCUT2D eigenvalue weighted by atomic mass is 19.2. The summed E-state index contributed by atoms with van der Waals surface area (Å²) >= 11 is 0. The SMILES string of the molecule is C#C/C=C(\C(C#N)=C/C)N1CCC(Nc2cc(C(=O)N3CCN(c4cc(F)c(F)cc4C#N)C[C@@H]3C)c(C)cc2C)CC1. The van der Waals surface area contributed by atoms with Gasteiger partial charge in [0.15, 0.2) is 11.6 Å². The first kappa shape index (κ1) is 31.1. The largest absolute Gasteiger partial charge is 0.382 e. The summed E-state index contributed by atoms with van der Waals surface area (Å²) in [7, 11) is 0. The van der Waals surface area contributed by atoms with Gasteiger partial charge in [0.25, 0.3) is 5.91 Å². The molecule has 0 saturated carbocycles. The molecule has 1 amide bonds. The summed E-state index contributed by atoms with van der Waals surface area (Å²) in [5, 5.41) is 22.6. The molecule has 1 atom stereocenters. The lowest BCUT2D eigenvalue weighted by Crippen LogP contribution is -2.54. The van der Waals surface area contributed by atoms with Gasteiger partial charge in [-0.15, -0.1) is 6.42 Å². The average Bonchev–Trinajstić information content (AvgIpc) is 2.99. The number of piperazine rings is 1. The van der Waals surface area contributed by atoms with Gasteiger partial charge in [0.1, 0.15) is 12.1 Å². The van der Waals surface area contributed by atoms with Crippen molar-refractivity contribution in [3.63, 3.8) is 0 Å². The number of nitrogens with one attached hydrogen (secondary N) is 1.